The molecule has 0 atom stereocenters. The van der Waals surface area contributed by atoms with E-state index in [1.54, 1.807) is 36.5 Å². The zero-order chi connectivity index (χ0) is 22.7. The first-order valence-electron chi connectivity index (χ1n) is 10.1. The van der Waals surface area contributed by atoms with Gasteiger partial charge in [-0.3, -0.25) is 4.79 Å². The molecule has 0 aliphatic carbocycles. The maximum Gasteiger partial charge on any atom is 0.279 e. The summed E-state index contributed by atoms with van der Waals surface area (Å²) in [6.07, 6.45) is 3.05. The van der Waals surface area contributed by atoms with Crippen LogP contribution in [0.2, 0.25) is 5.02 Å². The van der Waals surface area contributed by atoms with E-state index in [-0.39, 0.29) is 5.56 Å². The summed E-state index contributed by atoms with van der Waals surface area (Å²) in [6.45, 7) is 4.00. The molecule has 5 rings (SSSR count). The number of halogens is 2. The Labute approximate surface area is 198 Å². The van der Waals surface area contributed by atoms with E-state index in [0.717, 1.165) is 21.0 Å². The van der Waals surface area contributed by atoms with Gasteiger partial charge in [0.25, 0.3) is 5.56 Å². The van der Waals surface area contributed by atoms with Crippen LogP contribution in [0.3, 0.4) is 0 Å². The molecule has 160 valence electrons. The first kappa shape index (κ1) is 22.0. The van der Waals surface area contributed by atoms with E-state index in [4.69, 9.17) is 21.1 Å². The average Bonchev–Trinajstić information content (AvgIpc) is 3.36. The Bertz CT molecular complexity index is 1450. The Balaban J connectivity index is 0.00000119. The first-order chi connectivity index (χ1) is 15.6. The highest BCUT2D eigenvalue weighted by molar-refractivity contribution is 9.10. The first-order valence-corrected chi connectivity index (χ1v) is 11.2. The molecule has 2 aromatic heterocycles. The molecule has 3 aromatic carbocycles. The van der Waals surface area contributed by atoms with Crippen molar-refractivity contribution in [3.63, 3.8) is 0 Å². The molecule has 0 unspecified atom stereocenters. The van der Waals surface area contributed by atoms with Crippen molar-refractivity contribution >= 4 is 38.3 Å². The molecule has 0 N–H and O–H groups in total. The second-order valence-electron chi connectivity index (χ2n) is 6.69. The van der Waals surface area contributed by atoms with E-state index in [0.29, 0.717) is 27.6 Å². The van der Waals surface area contributed by atoms with Crippen molar-refractivity contribution in [2.24, 2.45) is 0 Å². The summed E-state index contributed by atoms with van der Waals surface area (Å²) in [5.74, 6) is 0.644. The molecule has 32 heavy (non-hydrogen) atoms. The summed E-state index contributed by atoms with van der Waals surface area (Å²) in [5.41, 5.74) is 2.75. The van der Waals surface area contributed by atoms with Crippen molar-refractivity contribution in [1.29, 1.82) is 0 Å². The van der Waals surface area contributed by atoms with Crippen molar-refractivity contribution in [2.75, 3.05) is 0 Å². The normalized spacial score (nSPS) is 10.6. The SMILES string of the molecule is CC.O=c1c2ccccc2c(-c2cc(Br)cc(-c3cnco3)c2)nn1-c1cccc(Cl)c1. The zero-order valence-electron chi connectivity index (χ0n) is 17.4. The van der Waals surface area contributed by atoms with Gasteiger partial charge >= 0.3 is 0 Å². The summed E-state index contributed by atoms with van der Waals surface area (Å²) in [6, 6.07) is 20.4. The van der Waals surface area contributed by atoms with Crippen molar-refractivity contribution in [2.45, 2.75) is 13.8 Å². The van der Waals surface area contributed by atoms with Gasteiger partial charge < -0.3 is 4.42 Å². The lowest BCUT2D eigenvalue weighted by Gasteiger charge is -2.12. The van der Waals surface area contributed by atoms with Gasteiger partial charge in [0.1, 0.15) is 0 Å². The van der Waals surface area contributed by atoms with Gasteiger partial charge in [-0.15, -0.1) is 0 Å². The third-order valence-corrected chi connectivity index (χ3v) is 5.44. The molecular formula is C25H19BrClN3O2. The quantitative estimate of drug-likeness (QED) is 0.260. The van der Waals surface area contributed by atoms with E-state index in [1.165, 1.54) is 11.1 Å². The Hall–Kier alpha value is -3.22. The molecule has 5 aromatic rings. The van der Waals surface area contributed by atoms with Gasteiger partial charge in [0, 0.05) is 26.0 Å². The lowest BCUT2D eigenvalue weighted by molar-refractivity contribution is 0.572. The molecule has 0 amide bonds. The van der Waals surface area contributed by atoms with Crippen LogP contribution in [0.15, 0.2) is 93.0 Å². The molecule has 0 aliphatic heterocycles. The van der Waals surface area contributed by atoms with Crippen molar-refractivity contribution < 1.29 is 4.42 Å². The number of hydrogen-bond donors (Lipinski definition) is 0. The highest BCUT2D eigenvalue weighted by Gasteiger charge is 2.15. The van der Waals surface area contributed by atoms with Crippen LogP contribution in [0, 0.1) is 0 Å². The van der Waals surface area contributed by atoms with E-state index in [1.807, 2.05) is 50.2 Å². The fraction of sp³-hybridized carbons (Fsp3) is 0.0800. The van der Waals surface area contributed by atoms with Crippen LogP contribution in [0.5, 0.6) is 0 Å². The van der Waals surface area contributed by atoms with Crippen LogP contribution in [0.1, 0.15) is 13.8 Å². The molecule has 0 radical (unpaired) electrons. The Kier molecular flexibility index (Phi) is 6.53. The van der Waals surface area contributed by atoms with Crippen molar-refractivity contribution in [3.05, 3.63) is 99.2 Å². The number of nitrogens with zero attached hydrogens (tertiary/aromatic N) is 3. The van der Waals surface area contributed by atoms with Gasteiger partial charge in [0.2, 0.25) is 0 Å². The molecule has 5 nitrogen and oxygen atoms in total. The summed E-state index contributed by atoms with van der Waals surface area (Å²) >= 11 is 9.73. The summed E-state index contributed by atoms with van der Waals surface area (Å²) < 4.78 is 7.70. The fourth-order valence-electron chi connectivity index (χ4n) is 3.41. The number of fused-ring (bicyclic) bond motifs is 1. The molecule has 0 fully saturated rings. The van der Waals surface area contributed by atoms with E-state index in [2.05, 4.69) is 20.9 Å². The molecule has 0 saturated carbocycles. The second kappa shape index (κ2) is 9.51. The topological polar surface area (TPSA) is 60.9 Å². The third kappa shape index (κ3) is 4.24. The Morgan fingerprint density at radius 3 is 2.41 bits per heavy atom. The van der Waals surface area contributed by atoms with E-state index >= 15 is 0 Å². The van der Waals surface area contributed by atoms with Gasteiger partial charge in [-0.1, -0.05) is 65.6 Å². The number of oxazole rings is 1. The minimum Gasteiger partial charge on any atom is -0.444 e. The van der Waals surface area contributed by atoms with Gasteiger partial charge in [0.05, 0.1) is 23.0 Å². The highest BCUT2D eigenvalue weighted by Crippen LogP contribution is 2.32. The lowest BCUT2D eigenvalue weighted by atomic mass is 10.0. The molecule has 0 aliphatic rings. The molecule has 2 heterocycles. The van der Waals surface area contributed by atoms with Crippen LogP contribution in [0.25, 0.3) is 39.0 Å². The summed E-state index contributed by atoms with van der Waals surface area (Å²) in [4.78, 5) is 17.2. The number of hydrogen-bond acceptors (Lipinski definition) is 4. The predicted molar refractivity (Wildman–Crippen MR) is 132 cm³/mol. The van der Waals surface area contributed by atoms with Gasteiger partial charge in [0.15, 0.2) is 12.2 Å². The Morgan fingerprint density at radius 1 is 0.938 bits per heavy atom. The molecule has 0 bridgehead atoms. The Morgan fingerprint density at radius 2 is 1.69 bits per heavy atom. The average molecular weight is 509 g/mol. The maximum absolute atomic E-state index is 13.2. The third-order valence-electron chi connectivity index (χ3n) is 4.75. The van der Waals surface area contributed by atoms with Gasteiger partial charge in [-0.05, 0) is 42.5 Å². The summed E-state index contributed by atoms with van der Waals surface area (Å²) in [5, 5.41) is 6.60. The van der Waals surface area contributed by atoms with E-state index in [9.17, 15) is 4.79 Å². The minimum atomic E-state index is -0.206. The van der Waals surface area contributed by atoms with Gasteiger partial charge in [-0.2, -0.15) is 9.78 Å². The van der Waals surface area contributed by atoms with Crippen LogP contribution < -0.4 is 5.56 Å². The van der Waals surface area contributed by atoms with Gasteiger partial charge in [-0.25, -0.2) is 4.98 Å². The minimum absolute atomic E-state index is 0.206. The molecule has 7 heteroatoms. The zero-order valence-corrected chi connectivity index (χ0v) is 19.8. The maximum atomic E-state index is 13.2. The number of rotatable bonds is 3. The van der Waals surface area contributed by atoms with Crippen LogP contribution in [-0.2, 0) is 0 Å². The predicted octanol–water partition coefficient (Wildman–Crippen LogP) is 7.15. The van der Waals surface area contributed by atoms with E-state index < -0.39 is 0 Å². The van der Waals surface area contributed by atoms with Crippen molar-refractivity contribution in [3.8, 4) is 28.3 Å². The summed E-state index contributed by atoms with van der Waals surface area (Å²) in [7, 11) is 0. The number of benzene rings is 3. The lowest BCUT2D eigenvalue weighted by Crippen LogP contribution is -2.22. The molecular weight excluding hydrogens is 490 g/mol. The standard InChI is InChI=1S/C23H13BrClN3O2.C2H6/c24-16-9-14(21-12-26-13-30-21)8-15(10-16)22-19-6-1-2-7-20(19)23(29)28(27-22)18-5-3-4-17(25)11-18;1-2/h1-13H;1-2H3. The fourth-order valence-corrected chi connectivity index (χ4v) is 4.09. The molecule has 0 saturated heterocycles. The van der Waals surface area contributed by atoms with Crippen LogP contribution in [0.4, 0.5) is 0 Å². The smallest absolute Gasteiger partial charge is 0.279 e. The van der Waals surface area contributed by atoms with Crippen molar-refractivity contribution in [1.82, 2.24) is 14.8 Å². The second-order valence-corrected chi connectivity index (χ2v) is 8.04. The number of aromatic nitrogens is 3. The molecule has 0 spiro atoms. The monoisotopic (exact) mass is 507 g/mol. The highest BCUT2D eigenvalue weighted by atomic mass is 79.9. The van der Waals surface area contributed by atoms with Crippen LogP contribution >= 0.6 is 27.5 Å². The van der Waals surface area contributed by atoms with Crippen LogP contribution in [-0.4, -0.2) is 14.8 Å². The largest absolute Gasteiger partial charge is 0.444 e.